The summed E-state index contributed by atoms with van der Waals surface area (Å²) in [5.41, 5.74) is 4.03. The molecule has 4 aromatic rings. The van der Waals surface area contributed by atoms with E-state index in [1.165, 1.54) is 11.2 Å². The maximum Gasteiger partial charge on any atom is 0.411 e. The fraction of sp³-hybridized carbons (Fsp3) is 0.194. The van der Waals surface area contributed by atoms with Crippen LogP contribution >= 0.6 is 0 Å². The molecule has 2 N–H and O–H groups in total. The smallest absolute Gasteiger partial charge is 0.411 e. The van der Waals surface area contributed by atoms with E-state index >= 15 is 0 Å². The largest absolute Gasteiger partial charge is 0.467 e. The molecule has 1 saturated heterocycles. The lowest BCUT2D eigenvalue weighted by Gasteiger charge is -2.24. The summed E-state index contributed by atoms with van der Waals surface area (Å²) in [6, 6.07) is 26.9. The molecule has 39 heavy (non-hydrogen) atoms. The number of anilines is 1. The van der Waals surface area contributed by atoms with Gasteiger partial charge in [0.15, 0.2) is 12.1 Å². The number of hydrogen-bond acceptors (Lipinski definition) is 5. The van der Waals surface area contributed by atoms with E-state index < -0.39 is 18.2 Å². The van der Waals surface area contributed by atoms with Crippen molar-refractivity contribution >= 4 is 23.6 Å². The molecule has 198 valence electrons. The van der Waals surface area contributed by atoms with E-state index in [2.05, 4.69) is 10.6 Å². The van der Waals surface area contributed by atoms with Crippen molar-refractivity contribution in [2.24, 2.45) is 0 Å². The van der Waals surface area contributed by atoms with E-state index in [-0.39, 0.29) is 31.3 Å². The van der Waals surface area contributed by atoms with Gasteiger partial charge in [0.1, 0.15) is 5.76 Å². The van der Waals surface area contributed by atoms with Crippen LogP contribution in [-0.4, -0.2) is 28.8 Å². The average Bonchev–Trinajstić information content (AvgIpc) is 3.57. The van der Waals surface area contributed by atoms with E-state index in [9.17, 15) is 14.4 Å². The zero-order valence-corrected chi connectivity index (χ0v) is 21.5. The molecule has 1 aliphatic heterocycles. The monoisotopic (exact) mass is 523 g/mol. The molecule has 8 nitrogen and oxygen atoms in total. The van der Waals surface area contributed by atoms with Gasteiger partial charge in [-0.2, -0.15) is 0 Å². The molecule has 0 radical (unpaired) electrons. The van der Waals surface area contributed by atoms with Crippen molar-refractivity contribution in [1.29, 1.82) is 0 Å². The third-order valence-electron chi connectivity index (χ3n) is 6.55. The molecular formula is C31H29N3O5. The minimum absolute atomic E-state index is 0.171. The number of ether oxygens (including phenoxy) is 1. The van der Waals surface area contributed by atoms with E-state index in [0.29, 0.717) is 17.0 Å². The Kier molecular flexibility index (Phi) is 7.73. The fourth-order valence-corrected chi connectivity index (χ4v) is 4.57. The van der Waals surface area contributed by atoms with Crippen LogP contribution in [0.25, 0.3) is 0 Å². The highest BCUT2D eigenvalue weighted by molar-refractivity contribution is 5.92. The van der Waals surface area contributed by atoms with Gasteiger partial charge >= 0.3 is 6.09 Å². The molecule has 0 unspecified atom stereocenters. The Morgan fingerprint density at radius 2 is 1.69 bits per heavy atom. The topological polar surface area (TPSA) is 101 Å². The Hall–Kier alpha value is -4.85. The number of aryl methyl sites for hydroxylation is 1. The summed E-state index contributed by atoms with van der Waals surface area (Å²) in [4.78, 5) is 40.6. The summed E-state index contributed by atoms with van der Waals surface area (Å²) in [5.74, 6) is 0.0572. The van der Waals surface area contributed by atoms with Gasteiger partial charge in [0.25, 0.3) is 0 Å². The third kappa shape index (κ3) is 6.35. The minimum atomic E-state index is -0.927. The predicted molar refractivity (Wildman–Crippen MR) is 146 cm³/mol. The molecule has 2 heterocycles. The predicted octanol–water partition coefficient (Wildman–Crippen LogP) is 5.15. The second-order valence-corrected chi connectivity index (χ2v) is 9.50. The fourth-order valence-electron chi connectivity index (χ4n) is 4.57. The van der Waals surface area contributed by atoms with Crippen molar-refractivity contribution < 1.29 is 23.5 Å². The average molecular weight is 524 g/mol. The summed E-state index contributed by atoms with van der Waals surface area (Å²) < 4.78 is 11.1. The third-order valence-corrected chi connectivity index (χ3v) is 6.55. The number of benzene rings is 3. The van der Waals surface area contributed by atoms with Gasteiger partial charge in [-0.1, -0.05) is 72.3 Å². The lowest BCUT2D eigenvalue weighted by Crippen LogP contribution is -2.46. The second kappa shape index (κ2) is 11.7. The number of furan rings is 1. The van der Waals surface area contributed by atoms with Crippen molar-refractivity contribution in [3.8, 4) is 0 Å². The standard InChI is InChI=1S/C31H29N3O5/c1-21-12-14-23(15-13-21)20-34-28(30(36)32-19-26-11-6-16-38-26)29(39-31(34)37)24-9-5-10-25(18-24)33-27(35)17-22-7-3-2-4-8-22/h2-16,18,28-29H,17,19-20H2,1H3,(H,32,36)(H,33,35)/t28-,29-/m1/s1. The van der Waals surface area contributed by atoms with Crippen molar-refractivity contribution in [1.82, 2.24) is 10.2 Å². The van der Waals surface area contributed by atoms with E-state index in [4.69, 9.17) is 9.15 Å². The molecule has 8 heteroatoms. The summed E-state index contributed by atoms with van der Waals surface area (Å²) in [7, 11) is 0. The Balaban J connectivity index is 1.37. The molecule has 1 aliphatic rings. The number of carbonyl (C=O) groups is 3. The zero-order valence-electron chi connectivity index (χ0n) is 21.5. The van der Waals surface area contributed by atoms with Crippen molar-refractivity contribution in [2.45, 2.75) is 38.6 Å². The number of hydrogen-bond donors (Lipinski definition) is 2. The van der Waals surface area contributed by atoms with Gasteiger partial charge in [0, 0.05) is 5.69 Å². The van der Waals surface area contributed by atoms with E-state index in [1.807, 2.05) is 61.5 Å². The number of cyclic esters (lactones) is 1. The SMILES string of the molecule is Cc1ccc(CN2C(=O)O[C@H](c3cccc(NC(=O)Cc4ccccc4)c3)[C@@H]2C(=O)NCc2ccco2)cc1. The number of carbonyl (C=O) groups excluding carboxylic acids is 3. The number of amides is 3. The van der Waals surface area contributed by atoms with Gasteiger partial charge in [0.2, 0.25) is 11.8 Å². The Morgan fingerprint density at radius 1 is 0.897 bits per heavy atom. The molecular weight excluding hydrogens is 494 g/mol. The summed E-state index contributed by atoms with van der Waals surface area (Å²) in [5, 5.41) is 5.77. The zero-order chi connectivity index (χ0) is 27.2. The quantitative estimate of drug-likeness (QED) is 0.316. The van der Waals surface area contributed by atoms with E-state index in [0.717, 1.165) is 16.7 Å². The highest BCUT2D eigenvalue weighted by atomic mass is 16.6. The number of nitrogens with one attached hydrogen (secondary N) is 2. The Bertz CT molecular complexity index is 1430. The van der Waals surface area contributed by atoms with Crippen LogP contribution in [0, 0.1) is 6.92 Å². The lowest BCUT2D eigenvalue weighted by atomic mass is 10.00. The Morgan fingerprint density at radius 3 is 2.44 bits per heavy atom. The first-order chi connectivity index (χ1) is 19.0. The first-order valence-corrected chi connectivity index (χ1v) is 12.7. The second-order valence-electron chi connectivity index (χ2n) is 9.50. The van der Waals surface area contributed by atoms with E-state index in [1.54, 1.807) is 36.4 Å². The molecule has 3 amide bonds. The molecule has 0 saturated carbocycles. The van der Waals surface area contributed by atoms with Crippen LogP contribution in [0.1, 0.15) is 34.1 Å². The lowest BCUT2D eigenvalue weighted by molar-refractivity contribution is -0.126. The summed E-state index contributed by atoms with van der Waals surface area (Å²) in [6.07, 6.45) is 0.308. The van der Waals surface area contributed by atoms with Crippen LogP contribution in [0.3, 0.4) is 0 Å². The minimum Gasteiger partial charge on any atom is -0.467 e. The van der Waals surface area contributed by atoms with Crippen molar-refractivity contribution in [2.75, 3.05) is 5.32 Å². The summed E-state index contributed by atoms with van der Waals surface area (Å²) >= 11 is 0. The van der Waals surface area contributed by atoms with Gasteiger partial charge in [-0.05, 0) is 47.9 Å². The van der Waals surface area contributed by atoms with Crippen LogP contribution in [-0.2, 0) is 33.8 Å². The number of rotatable bonds is 9. The highest BCUT2D eigenvalue weighted by Crippen LogP contribution is 2.35. The van der Waals surface area contributed by atoms with Gasteiger partial charge in [-0.25, -0.2) is 4.79 Å². The maximum atomic E-state index is 13.5. The summed E-state index contributed by atoms with van der Waals surface area (Å²) in [6.45, 7) is 2.37. The Labute approximate surface area is 226 Å². The normalized spacial score (nSPS) is 16.5. The highest BCUT2D eigenvalue weighted by Gasteiger charge is 2.47. The molecule has 2 atom stereocenters. The van der Waals surface area contributed by atoms with Crippen LogP contribution < -0.4 is 10.6 Å². The maximum absolute atomic E-state index is 13.5. The first kappa shape index (κ1) is 25.8. The number of nitrogens with zero attached hydrogens (tertiary/aromatic N) is 1. The molecule has 5 rings (SSSR count). The molecule has 1 aromatic heterocycles. The molecule has 3 aromatic carbocycles. The first-order valence-electron chi connectivity index (χ1n) is 12.7. The van der Waals surface area contributed by atoms with Gasteiger partial charge in [-0.3, -0.25) is 14.5 Å². The van der Waals surface area contributed by atoms with Gasteiger partial charge in [-0.15, -0.1) is 0 Å². The van der Waals surface area contributed by atoms with Crippen LogP contribution in [0.2, 0.25) is 0 Å². The molecule has 1 fully saturated rings. The van der Waals surface area contributed by atoms with Crippen LogP contribution in [0.15, 0.2) is 102 Å². The molecule has 0 aliphatic carbocycles. The molecule has 0 bridgehead atoms. The molecule has 0 spiro atoms. The van der Waals surface area contributed by atoms with Gasteiger partial charge < -0.3 is 19.8 Å². The van der Waals surface area contributed by atoms with Crippen molar-refractivity contribution in [3.05, 3.63) is 125 Å². The van der Waals surface area contributed by atoms with Crippen LogP contribution in [0.5, 0.6) is 0 Å². The van der Waals surface area contributed by atoms with Crippen molar-refractivity contribution in [3.63, 3.8) is 0 Å². The van der Waals surface area contributed by atoms with Gasteiger partial charge in [0.05, 0.1) is 25.8 Å². The van der Waals surface area contributed by atoms with Crippen LogP contribution in [0.4, 0.5) is 10.5 Å².